The van der Waals surface area contributed by atoms with E-state index in [2.05, 4.69) is 14.1 Å². The number of carbonyl (C=O) groups is 1. The minimum absolute atomic E-state index is 0.205. The van der Waals surface area contributed by atoms with E-state index < -0.39 is 0 Å². The van der Waals surface area contributed by atoms with Gasteiger partial charge in [0.15, 0.2) is 0 Å². The Morgan fingerprint density at radius 3 is 2.67 bits per heavy atom. The number of anilines is 1. The molecule has 1 N–H and O–H groups in total. The number of benzene rings is 2. The number of aryl methyl sites for hydroxylation is 1. The van der Waals surface area contributed by atoms with Crippen molar-refractivity contribution < 1.29 is 9.53 Å². The smallest absolute Gasteiger partial charge is 0.255 e. The maximum atomic E-state index is 12.2. The van der Waals surface area contributed by atoms with Crippen molar-refractivity contribution in [3.8, 4) is 5.75 Å². The molecule has 7 heteroatoms. The van der Waals surface area contributed by atoms with Crippen LogP contribution in [0.15, 0.2) is 48.5 Å². The van der Waals surface area contributed by atoms with Gasteiger partial charge in [-0.2, -0.15) is 8.75 Å². The van der Waals surface area contributed by atoms with Gasteiger partial charge in [-0.05, 0) is 49.4 Å². The Hall–Kier alpha value is -2.44. The number of ether oxygens (including phenoxy) is 1. The van der Waals surface area contributed by atoms with Gasteiger partial charge < -0.3 is 10.1 Å². The summed E-state index contributed by atoms with van der Waals surface area (Å²) in [5, 5.41) is 3.37. The third-order valence-electron chi connectivity index (χ3n) is 3.32. The molecule has 0 unspecified atom stereocenters. The van der Waals surface area contributed by atoms with Crippen molar-refractivity contribution in [2.24, 2.45) is 0 Å². The van der Waals surface area contributed by atoms with Gasteiger partial charge in [0.1, 0.15) is 18.1 Å². The van der Waals surface area contributed by atoms with E-state index in [0.29, 0.717) is 28.6 Å². The molecule has 0 aliphatic heterocycles. The average Bonchev–Trinajstić information content (AvgIpc) is 2.98. The first-order valence-corrected chi connectivity index (χ1v) is 8.30. The highest BCUT2D eigenvalue weighted by Gasteiger charge is 2.08. The van der Waals surface area contributed by atoms with Gasteiger partial charge >= 0.3 is 0 Å². The van der Waals surface area contributed by atoms with Crippen molar-refractivity contribution in [3.05, 3.63) is 70.5 Å². The lowest BCUT2D eigenvalue weighted by Gasteiger charge is -2.07. The Bertz CT molecular complexity index is 849. The summed E-state index contributed by atoms with van der Waals surface area (Å²) in [4.78, 5) is 12.2. The van der Waals surface area contributed by atoms with Gasteiger partial charge in [-0.25, -0.2) is 0 Å². The van der Waals surface area contributed by atoms with Gasteiger partial charge in [-0.1, -0.05) is 17.7 Å². The molecule has 0 atom stereocenters. The van der Waals surface area contributed by atoms with E-state index in [1.165, 1.54) is 11.7 Å². The number of aromatic nitrogens is 2. The summed E-state index contributed by atoms with van der Waals surface area (Å²) >= 11 is 7.07. The van der Waals surface area contributed by atoms with Gasteiger partial charge in [-0.15, -0.1) is 0 Å². The molecule has 0 saturated heterocycles. The Labute approximate surface area is 148 Å². The maximum Gasteiger partial charge on any atom is 0.255 e. The van der Waals surface area contributed by atoms with E-state index in [1.807, 2.05) is 6.92 Å². The van der Waals surface area contributed by atoms with Gasteiger partial charge in [0.2, 0.25) is 0 Å². The second kappa shape index (κ2) is 7.42. The Morgan fingerprint density at radius 1 is 1.21 bits per heavy atom. The van der Waals surface area contributed by atoms with Crippen molar-refractivity contribution >= 4 is 34.9 Å². The van der Waals surface area contributed by atoms with Crippen LogP contribution in [-0.2, 0) is 6.61 Å². The normalized spacial score (nSPS) is 10.4. The molecule has 1 heterocycles. The molecule has 3 rings (SSSR count). The SMILES string of the molecule is Cc1nsnc1COc1ccc(C(=O)Nc2cccc(Cl)c2)cc1. The summed E-state index contributed by atoms with van der Waals surface area (Å²) in [5.41, 5.74) is 2.88. The van der Waals surface area contributed by atoms with Crippen LogP contribution >= 0.6 is 23.3 Å². The minimum atomic E-state index is -0.205. The van der Waals surface area contributed by atoms with E-state index >= 15 is 0 Å². The molecule has 24 heavy (non-hydrogen) atoms. The first kappa shape index (κ1) is 16.4. The predicted octanol–water partition coefficient (Wildman–Crippen LogP) is 4.33. The molecule has 0 fully saturated rings. The number of halogens is 1. The summed E-state index contributed by atoms with van der Waals surface area (Å²) in [6.07, 6.45) is 0. The zero-order chi connectivity index (χ0) is 16.9. The fraction of sp³-hybridized carbons (Fsp3) is 0.118. The Balaban J connectivity index is 1.61. The van der Waals surface area contributed by atoms with E-state index in [-0.39, 0.29) is 5.91 Å². The van der Waals surface area contributed by atoms with Crippen LogP contribution in [0.4, 0.5) is 5.69 Å². The van der Waals surface area contributed by atoms with Gasteiger partial charge in [0, 0.05) is 16.3 Å². The van der Waals surface area contributed by atoms with Crippen LogP contribution in [0.5, 0.6) is 5.75 Å². The summed E-state index contributed by atoms with van der Waals surface area (Å²) in [7, 11) is 0. The predicted molar refractivity (Wildman–Crippen MR) is 94.8 cm³/mol. The second-order valence-electron chi connectivity index (χ2n) is 5.07. The molecule has 3 aromatic rings. The topological polar surface area (TPSA) is 64.1 Å². The molecule has 1 aromatic heterocycles. The average molecular weight is 360 g/mol. The summed E-state index contributed by atoms with van der Waals surface area (Å²) in [6.45, 7) is 2.25. The zero-order valence-electron chi connectivity index (χ0n) is 12.8. The molecule has 0 saturated carbocycles. The number of hydrogen-bond acceptors (Lipinski definition) is 5. The molecule has 5 nitrogen and oxygen atoms in total. The van der Waals surface area contributed by atoms with E-state index in [0.717, 1.165) is 11.4 Å². The molecule has 0 bridgehead atoms. The fourth-order valence-corrected chi connectivity index (χ4v) is 2.75. The number of nitrogens with zero attached hydrogens (tertiary/aromatic N) is 2. The fourth-order valence-electron chi connectivity index (χ4n) is 2.00. The quantitative estimate of drug-likeness (QED) is 0.736. The molecule has 122 valence electrons. The second-order valence-corrected chi connectivity index (χ2v) is 6.04. The lowest BCUT2D eigenvalue weighted by atomic mass is 10.2. The van der Waals surface area contributed by atoms with Crippen LogP contribution < -0.4 is 10.1 Å². The number of rotatable bonds is 5. The van der Waals surface area contributed by atoms with Crippen molar-refractivity contribution in [1.82, 2.24) is 8.75 Å². The molecule has 0 aliphatic rings. The molecular formula is C17H14ClN3O2S. The number of carbonyl (C=O) groups excluding carboxylic acids is 1. The summed E-state index contributed by atoms with van der Waals surface area (Å²) in [5.74, 6) is 0.463. The van der Waals surface area contributed by atoms with Gasteiger partial charge in [0.25, 0.3) is 5.91 Å². The van der Waals surface area contributed by atoms with Gasteiger partial charge in [0.05, 0.1) is 17.4 Å². The van der Waals surface area contributed by atoms with Crippen LogP contribution in [0.1, 0.15) is 21.7 Å². The van der Waals surface area contributed by atoms with Crippen molar-refractivity contribution in [2.45, 2.75) is 13.5 Å². The van der Waals surface area contributed by atoms with Gasteiger partial charge in [-0.3, -0.25) is 4.79 Å². The zero-order valence-corrected chi connectivity index (χ0v) is 14.4. The molecular weight excluding hydrogens is 346 g/mol. The van der Waals surface area contributed by atoms with Crippen LogP contribution in [0, 0.1) is 6.92 Å². The first-order chi connectivity index (χ1) is 11.6. The maximum absolute atomic E-state index is 12.2. The molecule has 1 amide bonds. The lowest BCUT2D eigenvalue weighted by Crippen LogP contribution is -2.11. The number of nitrogens with one attached hydrogen (secondary N) is 1. The number of amides is 1. The highest BCUT2D eigenvalue weighted by Crippen LogP contribution is 2.18. The van der Waals surface area contributed by atoms with E-state index in [4.69, 9.17) is 16.3 Å². The van der Waals surface area contributed by atoms with Crippen molar-refractivity contribution in [1.29, 1.82) is 0 Å². The van der Waals surface area contributed by atoms with Crippen molar-refractivity contribution in [2.75, 3.05) is 5.32 Å². The molecule has 0 radical (unpaired) electrons. The summed E-state index contributed by atoms with van der Waals surface area (Å²) < 4.78 is 13.9. The standard InChI is InChI=1S/C17H14ClN3O2S/c1-11-16(21-24-20-11)10-23-15-7-5-12(6-8-15)17(22)19-14-4-2-3-13(18)9-14/h2-9H,10H2,1H3,(H,19,22). The highest BCUT2D eigenvalue weighted by atomic mass is 35.5. The highest BCUT2D eigenvalue weighted by molar-refractivity contribution is 6.99. The first-order valence-electron chi connectivity index (χ1n) is 7.19. The van der Waals surface area contributed by atoms with E-state index in [1.54, 1.807) is 48.5 Å². The van der Waals surface area contributed by atoms with Crippen LogP contribution in [0.25, 0.3) is 0 Å². The molecule has 2 aromatic carbocycles. The van der Waals surface area contributed by atoms with Crippen LogP contribution in [0.2, 0.25) is 5.02 Å². The number of hydrogen-bond donors (Lipinski definition) is 1. The third-order valence-corrected chi connectivity index (χ3v) is 4.21. The largest absolute Gasteiger partial charge is 0.487 e. The minimum Gasteiger partial charge on any atom is -0.487 e. The van der Waals surface area contributed by atoms with Crippen LogP contribution in [0.3, 0.4) is 0 Å². The van der Waals surface area contributed by atoms with E-state index in [9.17, 15) is 4.79 Å². The van der Waals surface area contributed by atoms with Crippen LogP contribution in [-0.4, -0.2) is 14.7 Å². The lowest BCUT2D eigenvalue weighted by molar-refractivity contribution is 0.102. The Morgan fingerprint density at radius 2 is 2.00 bits per heavy atom. The third kappa shape index (κ3) is 4.10. The summed E-state index contributed by atoms with van der Waals surface area (Å²) in [6, 6.07) is 13.9. The van der Waals surface area contributed by atoms with Crippen molar-refractivity contribution in [3.63, 3.8) is 0 Å². The Kier molecular flexibility index (Phi) is 5.08. The monoisotopic (exact) mass is 359 g/mol. The molecule has 0 spiro atoms. The molecule has 0 aliphatic carbocycles.